The average Bonchev–Trinajstić information content (AvgIpc) is 3.25. The van der Waals surface area contributed by atoms with E-state index in [1.165, 1.54) is 0 Å². The Hall–Kier alpha value is -0.650. The van der Waals surface area contributed by atoms with Crippen LogP contribution in [0.5, 0.6) is 0 Å². The first-order valence-electron chi connectivity index (χ1n) is 8.15. The molecule has 0 bridgehead atoms. The highest BCUT2D eigenvalue weighted by Gasteiger charge is 2.52. The monoisotopic (exact) mass is 297 g/mol. The van der Waals surface area contributed by atoms with Gasteiger partial charge in [0.15, 0.2) is 0 Å². The summed E-state index contributed by atoms with van der Waals surface area (Å²) in [5.74, 6) is 0.344. The standard InChI is InChI=1S/C16H31N3O2/c1-6-21-14(20)16(17-4,13-7-8-13)12-19-10-9-18(5)15(2,3)11-19/h13,17H,6-12H2,1-5H3. The quantitative estimate of drug-likeness (QED) is 0.739. The summed E-state index contributed by atoms with van der Waals surface area (Å²) in [5, 5.41) is 3.32. The lowest BCUT2D eigenvalue weighted by Crippen LogP contribution is -2.65. The molecule has 21 heavy (non-hydrogen) atoms. The number of carbonyl (C=O) groups excluding carboxylic acids is 1. The number of hydrogen-bond acceptors (Lipinski definition) is 5. The fourth-order valence-electron chi connectivity index (χ4n) is 3.41. The largest absolute Gasteiger partial charge is 0.465 e. The van der Waals surface area contributed by atoms with Crippen molar-refractivity contribution < 1.29 is 9.53 Å². The number of nitrogens with zero attached hydrogens (tertiary/aromatic N) is 2. The van der Waals surface area contributed by atoms with Crippen LogP contribution in [-0.2, 0) is 9.53 Å². The Kier molecular flexibility index (Phi) is 4.96. The molecule has 1 aliphatic carbocycles. The molecule has 1 atom stereocenters. The highest BCUT2D eigenvalue weighted by Crippen LogP contribution is 2.41. The molecule has 0 amide bonds. The van der Waals surface area contributed by atoms with Gasteiger partial charge < -0.3 is 10.1 Å². The Bertz CT molecular complexity index is 382. The molecule has 0 spiro atoms. The van der Waals surface area contributed by atoms with Gasteiger partial charge in [0.1, 0.15) is 5.54 Å². The lowest BCUT2D eigenvalue weighted by atomic mass is 9.90. The molecule has 0 aromatic carbocycles. The summed E-state index contributed by atoms with van der Waals surface area (Å²) in [6, 6.07) is 0. The van der Waals surface area contributed by atoms with Crippen molar-refractivity contribution in [1.29, 1.82) is 0 Å². The zero-order valence-electron chi connectivity index (χ0n) is 14.2. The molecule has 1 saturated heterocycles. The predicted octanol–water partition coefficient (Wildman–Crippen LogP) is 0.944. The van der Waals surface area contributed by atoms with Gasteiger partial charge >= 0.3 is 5.97 Å². The van der Waals surface area contributed by atoms with Crippen molar-refractivity contribution in [3.05, 3.63) is 0 Å². The fourth-order valence-corrected chi connectivity index (χ4v) is 3.41. The van der Waals surface area contributed by atoms with Crippen LogP contribution in [0.3, 0.4) is 0 Å². The smallest absolute Gasteiger partial charge is 0.327 e. The van der Waals surface area contributed by atoms with Crippen molar-refractivity contribution in [3.8, 4) is 0 Å². The minimum Gasteiger partial charge on any atom is -0.465 e. The third-order valence-corrected chi connectivity index (χ3v) is 5.23. The molecule has 1 N–H and O–H groups in total. The number of esters is 1. The third kappa shape index (κ3) is 3.41. The Morgan fingerprint density at radius 3 is 2.52 bits per heavy atom. The van der Waals surface area contributed by atoms with E-state index in [0.717, 1.165) is 39.0 Å². The first kappa shape index (κ1) is 16.7. The van der Waals surface area contributed by atoms with Gasteiger partial charge in [0.2, 0.25) is 0 Å². The number of hydrogen-bond donors (Lipinski definition) is 1. The van der Waals surface area contributed by atoms with E-state index >= 15 is 0 Å². The maximum absolute atomic E-state index is 12.6. The van der Waals surface area contributed by atoms with Crippen molar-refractivity contribution >= 4 is 5.97 Å². The molecule has 5 heteroatoms. The predicted molar refractivity (Wildman–Crippen MR) is 84.3 cm³/mol. The molecule has 1 saturated carbocycles. The van der Waals surface area contributed by atoms with E-state index in [1.807, 2.05) is 14.0 Å². The molecule has 2 rings (SSSR count). The van der Waals surface area contributed by atoms with Crippen molar-refractivity contribution in [2.24, 2.45) is 5.92 Å². The van der Waals surface area contributed by atoms with E-state index in [4.69, 9.17) is 4.74 Å². The zero-order chi connectivity index (χ0) is 15.7. The second-order valence-electron chi connectivity index (χ2n) is 7.16. The van der Waals surface area contributed by atoms with Crippen LogP contribution in [0.2, 0.25) is 0 Å². The van der Waals surface area contributed by atoms with Gasteiger partial charge in [-0.3, -0.25) is 9.80 Å². The summed E-state index contributed by atoms with van der Waals surface area (Å²) in [5.41, 5.74) is -0.377. The minimum atomic E-state index is -0.526. The van der Waals surface area contributed by atoms with Crippen LogP contribution in [0.15, 0.2) is 0 Å². The molecule has 1 aliphatic heterocycles. The first-order chi connectivity index (χ1) is 9.85. The van der Waals surface area contributed by atoms with Gasteiger partial charge in [-0.2, -0.15) is 0 Å². The first-order valence-corrected chi connectivity index (χ1v) is 8.15. The van der Waals surface area contributed by atoms with Crippen molar-refractivity contribution in [3.63, 3.8) is 0 Å². The van der Waals surface area contributed by atoms with E-state index in [1.54, 1.807) is 0 Å². The molecular weight excluding hydrogens is 266 g/mol. The SMILES string of the molecule is CCOC(=O)C(CN1CCN(C)C(C)(C)C1)(NC)C1CC1. The second kappa shape index (κ2) is 6.23. The molecule has 2 fully saturated rings. The molecule has 0 radical (unpaired) electrons. The molecular formula is C16H31N3O2. The van der Waals surface area contributed by atoms with Crippen molar-refractivity contribution in [1.82, 2.24) is 15.1 Å². The van der Waals surface area contributed by atoms with Crippen molar-refractivity contribution in [2.75, 3.05) is 46.9 Å². The third-order valence-electron chi connectivity index (χ3n) is 5.23. The summed E-state index contributed by atoms with van der Waals surface area (Å²) in [4.78, 5) is 17.4. The Morgan fingerprint density at radius 2 is 2.05 bits per heavy atom. The Labute approximate surface area is 129 Å². The number of piperazine rings is 1. The van der Waals surface area contributed by atoms with Crippen LogP contribution in [-0.4, -0.2) is 73.7 Å². The van der Waals surface area contributed by atoms with Crippen LogP contribution >= 0.6 is 0 Å². The van der Waals surface area contributed by atoms with E-state index in [-0.39, 0.29) is 11.5 Å². The van der Waals surface area contributed by atoms with Gasteiger partial charge in [-0.05, 0) is 53.6 Å². The average molecular weight is 297 g/mol. The van der Waals surface area contributed by atoms with Gasteiger partial charge in [0, 0.05) is 31.7 Å². The van der Waals surface area contributed by atoms with E-state index < -0.39 is 5.54 Å². The van der Waals surface area contributed by atoms with Gasteiger partial charge in [-0.15, -0.1) is 0 Å². The lowest BCUT2D eigenvalue weighted by Gasteiger charge is -2.47. The molecule has 1 heterocycles. The van der Waals surface area contributed by atoms with Gasteiger partial charge in [-0.25, -0.2) is 4.79 Å². The Balaban J connectivity index is 2.10. The van der Waals surface area contributed by atoms with Crippen molar-refractivity contribution in [2.45, 2.75) is 44.7 Å². The van der Waals surface area contributed by atoms with E-state index in [2.05, 4.69) is 36.0 Å². The van der Waals surface area contributed by atoms with Crippen LogP contribution < -0.4 is 5.32 Å². The molecule has 1 unspecified atom stereocenters. The van der Waals surface area contributed by atoms with Gasteiger partial charge in [0.25, 0.3) is 0 Å². The van der Waals surface area contributed by atoms with E-state index in [9.17, 15) is 4.79 Å². The topological polar surface area (TPSA) is 44.8 Å². The number of rotatable bonds is 6. The number of carbonyl (C=O) groups is 1. The molecule has 2 aliphatic rings. The maximum atomic E-state index is 12.6. The number of ether oxygens (including phenoxy) is 1. The lowest BCUT2D eigenvalue weighted by molar-refractivity contribution is -0.153. The zero-order valence-corrected chi connectivity index (χ0v) is 14.2. The highest BCUT2D eigenvalue weighted by atomic mass is 16.5. The summed E-state index contributed by atoms with van der Waals surface area (Å²) >= 11 is 0. The summed E-state index contributed by atoms with van der Waals surface area (Å²) < 4.78 is 5.38. The summed E-state index contributed by atoms with van der Waals surface area (Å²) in [7, 11) is 4.07. The van der Waals surface area contributed by atoms with Crippen LogP contribution in [0, 0.1) is 5.92 Å². The molecule has 0 aromatic heterocycles. The van der Waals surface area contributed by atoms with Gasteiger partial charge in [0.05, 0.1) is 6.61 Å². The second-order valence-corrected chi connectivity index (χ2v) is 7.16. The minimum absolute atomic E-state index is 0.0771. The van der Waals surface area contributed by atoms with Crippen LogP contribution in [0.4, 0.5) is 0 Å². The van der Waals surface area contributed by atoms with Crippen LogP contribution in [0.1, 0.15) is 33.6 Å². The number of nitrogens with one attached hydrogen (secondary N) is 1. The molecule has 122 valence electrons. The maximum Gasteiger partial charge on any atom is 0.327 e. The van der Waals surface area contributed by atoms with E-state index in [0.29, 0.717) is 12.5 Å². The molecule has 0 aromatic rings. The normalized spacial score (nSPS) is 26.3. The number of likely N-dealkylation sites (N-methyl/N-ethyl adjacent to an activating group) is 2. The fraction of sp³-hybridized carbons (Fsp3) is 0.938. The van der Waals surface area contributed by atoms with Gasteiger partial charge in [-0.1, -0.05) is 0 Å². The molecule has 5 nitrogen and oxygen atoms in total. The summed E-state index contributed by atoms with van der Waals surface area (Å²) in [6.45, 7) is 10.6. The Morgan fingerprint density at radius 1 is 1.38 bits per heavy atom. The summed E-state index contributed by atoms with van der Waals surface area (Å²) in [6.07, 6.45) is 2.24. The highest BCUT2D eigenvalue weighted by molar-refractivity contribution is 5.82. The van der Waals surface area contributed by atoms with Crippen LogP contribution in [0.25, 0.3) is 0 Å².